The van der Waals surface area contributed by atoms with Gasteiger partial charge in [-0.1, -0.05) is 24.3 Å². The minimum Gasteiger partial charge on any atom is -0.469 e. The molecule has 0 aromatic heterocycles. The van der Waals surface area contributed by atoms with E-state index in [1.165, 1.54) is 13.2 Å². The SMILES string of the molecule is COC(=O)CCc1ccc2c(c1)NC(CNc1ccccc1/C=C/C(=O)OC(C)(C)C)N2. The Morgan fingerprint density at radius 3 is 2.59 bits per heavy atom. The second-order valence-electron chi connectivity index (χ2n) is 8.63. The fraction of sp³-hybridized carbons (Fsp3) is 0.360. The molecule has 1 heterocycles. The Morgan fingerprint density at radius 1 is 1.09 bits per heavy atom. The van der Waals surface area contributed by atoms with Crippen molar-refractivity contribution < 1.29 is 19.1 Å². The Hall–Kier alpha value is -3.48. The average molecular weight is 438 g/mol. The summed E-state index contributed by atoms with van der Waals surface area (Å²) in [7, 11) is 1.40. The molecule has 32 heavy (non-hydrogen) atoms. The van der Waals surface area contributed by atoms with Crippen LogP contribution in [0.4, 0.5) is 17.1 Å². The summed E-state index contributed by atoms with van der Waals surface area (Å²) in [6.45, 7) is 6.16. The number of aryl methyl sites for hydroxylation is 1. The fourth-order valence-corrected chi connectivity index (χ4v) is 3.36. The van der Waals surface area contributed by atoms with E-state index in [-0.39, 0.29) is 18.1 Å². The highest BCUT2D eigenvalue weighted by atomic mass is 16.6. The van der Waals surface area contributed by atoms with Gasteiger partial charge in [0.2, 0.25) is 0 Å². The maximum atomic E-state index is 12.0. The lowest BCUT2D eigenvalue weighted by atomic mass is 10.1. The summed E-state index contributed by atoms with van der Waals surface area (Å²) < 4.78 is 10.0. The highest BCUT2D eigenvalue weighted by Gasteiger charge is 2.20. The minimum atomic E-state index is -0.521. The third kappa shape index (κ3) is 6.77. The lowest BCUT2D eigenvalue weighted by Gasteiger charge is -2.18. The van der Waals surface area contributed by atoms with Crippen molar-refractivity contribution in [1.82, 2.24) is 0 Å². The fourth-order valence-electron chi connectivity index (χ4n) is 3.36. The van der Waals surface area contributed by atoms with Gasteiger partial charge in [0.05, 0.1) is 25.0 Å². The average Bonchev–Trinajstić information content (AvgIpc) is 3.16. The number of esters is 2. The molecule has 2 aromatic carbocycles. The zero-order chi connectivity index (χ0) is 23.1. The summed E-state index contributed by atoms with van der Waals surface area (Å²) in [6, 6.07) is 13.9. The van der Waals surface area contributed by atoms with Gasteiger partial charge in [-0.05, 0) is 62.6 Å². The third-order valence-electron chi connectivity index (χ3n) is 4.85. The van der Waals surface area contributed by atoms with Gasteiger partial charge in [-0.2, -0.15) is 0 Å². The number of hydrogen-bond donors (Lipinski definition) is 3. The van der Waals surface area contributed by atoms with Gasteiger partial charge < -0.3 is 25.4 Å². The molecular formula is C25H31N3O4. The molecule has 7 heteroatoms. The van der Waals surface area contributed by atoms with Crippen molar-refractivity contribution in [2.45, 2.75) is 45.4 Å². The summed E-state index contributed by atoms with van der Waals surface area (Å²) >= 11 is 0. The molecular weight excluding hydrogens is 406 g/mol. The molecule has 1 aliphatic rings. The lowest BCUT2D eigenvalue weighted by Crippen LogP contribution is -2.30. The van der Waals surface area contributed by atoms with Crippen molar-refractivity contribution in [3.05, 3.63) is 59.7 Å². The molecule has 3 N–H and O–H groups in total. The number of hydrogen-bond acceptors (Lipinski definition) is 7. The summed E-state index contributed by atoms with van der Waals surface area (Å²) in [5.41, 5.74) is 4.42. The number of carbonyl (C=O) groups excluding carboxylic acids is 2. The lowest BCUT2D eigenvalue weighted by molar-refractivity contribution is -0.148. The molecule has 0 aliphatic carbocycles. The first-order chi connectivity index (χ1) is 15.2. The number of benzene rings is 2. The Kier molecular flexibility index (Phi) is 7.41. The molecule has 0 spiro atoms. The van der Waals surface area contributed by atoms with E-state index in [0.717, 1.165) is 28.2 Å². The van der Waals surface area contributed by atoms with Crippen molar-refractivity contribution in [2.75, 3.05) is 29.6 Å². The first-order valence-corrected chi connectivity index (χ1v) is 10.7. The monoisotopic (exact) mass is 437 g/mol. The number of ether oxygens (including phenoxy) is 2. The number of anilines is 3. The highest BCUT2D eigenvalue weighted by molar-refractivity contribution is 5.88. The molecule has 0 bridgehead atoms. The van der Waals surface area contributed by atoms with Crippen LogP contribution in [0.3, 0.4) is 0 Å². The quantitative estimate of drug-likeness (QED) is 0.416. The smallest absolute Gasteiger partial charge is 0.331 e. The minimum absolute atomic E-state index is 0.00347. The van der Waals surface area contributed by atoms with E-state index < -0.39 is 5.60 Å². The normalized spacial score (nSPS) is 14.9. The molecule has 170 valence electrons. The van der Waals surface area contributed by atoms with Crippen LogP contribution in [0, 0.1) is 0 Å². The van der Waals surface area contributed by atoms with Gasteiger partial charge in [0.1, 0.15) is 11.8 Å². The van der Waals surface area contributed by atoms with Crippen LogP contribution in [0.5, 0.6) is 0 Å². The standard InChI is InChI=1S/C25H31N3O4/c1-25(2,3)32-24(30)14-11-18-7-5-6-8-19(18)26-16-22-27-20-12-9-17(15-21(20)28-22)10-13-23(29)31-4/h5-9,11-12,14-15,22,26-28H,10,13,16H2,1-4H3/b14-11+. The second-order valence-corrected chi connectivity index (χ2v) is 8.63. The number of nitrogens with one attached hydrogen (secondary N) is 3. The van der Waals surface area contributed by atoms with E-state index in [4.69, 9.17) is 9.47 Å². The van der Waals surface area contributed by atoms with Gasteiger partial charge in [-0.3, -0.25) is 4.79 Å². The van der Waals surface area contributed by atoms with E-state index >= 15 is 0 Å². The first kappa shape index (κ1) is 23.2. The van der Waals surface area contributed by atoms with E-state index in [9.17, 15) is 9.59 Å². The van der Waals surface area contributed by atoms with Crippen molar-refractivity contribution in [2.24, 2.45) is 0 Å². The van der Waals surface area contributed by atoms with Gasteiger partial charge in [-0.15, -0.1) is 0 Å². The van der Waals surface area contributed by atoms with Crippen LogP contribution in [-0.4, -0.2) is 37.4 Å². The van der Waals surface area contributed by atoms with Crippen molar-refractivity contribution in [3.8, 4) is 0 Å². The number of para-hydroxylation sites is 1. The maximum absolute atomic E-state index is 12.0. The van der Waals surface area contributed by atoms with Crippen LogP contribution in [0.25, 0.3) is 6.08 Å². The van der Waals surface area contributed by atoms with Gasteiger partial charge in [0.15, 0.2) is 0 Å². The summed E-state index contributed by atoms with van der Waals surface area (Å²) in [5.74, 6) is -0.581. The summed E-state index contributed by atoms with van der Waals surface area (Å²) in [5, 5.41) is 10.3. The summed E-state index contributed by atoms with van der Waals surface area (Å²) in [4.78, 5) is 23.4. The van der Waals surface area contributed by atoms with Crippen molar-refractivity contribution in [3.63, 3.8) is 0 Å². The van der Waals surface area contributed by atoms with Crippen molar-refractivity contribution >= 4 is 35.1 Å². The topological polar surface area (TPSA) is 88.7 Å². The van der Waals surface area contributed by atoms with E-state index in [0.29, 0.717) is 19.4 Å². The molecule has 0 radical (unpaired) electrons. The first-order valence-electron chi connectivity index (χ1n) is 10.7. The Balaban J connectivity index is 1.57. The van der Waals surface area contributed by atoms with Gasteiger partial charge in [0, 0.05) is 18.2 Å². The van der Waals surface area contributed by atoms with E-state index in [2.05, 4.69) is 22.0 Å². The zero-order valence-corrected chi connectivity index (χ0v) is 19.0. The van der Waals surface area contributed by atoms with Crippen LogP contribution in [-0.2, 0) is 25.5 Å². The van der Waals surface area contributed by atoms with Crippen LogP contribution in [0.1, 0.15) is 38.3 Å². The number of carbonyl (C=O) groups is 2. The third-order valence-corrected chi connectivity index (χ3v) is 4.85. The molecule has 1 atom stereocenters. The second kappa shape index (κ2) is 10.2. The van der Waals surface area contributed by atoms with Crippen LogP contribution in [0.15, 0.2) is 48.5 Å². The van der Waals surface area contributed by atoms with E-state index in [1.807, 2.05) is 57.2 Å². The largest absolute Gasteiger partial charge is 0.469 e. The maximum Gasteiger partial charge on any atom is 0.331 e. The molecule has 2 aromatic rings. The van der Waals surface area contributed by atoms with Gasteiger partial charge in [0.25, 0.3) is 0 Å². The van der Waals surface area contributed by atoms with Crippen LogP contribution in [0.2, 0.25) is 0 Å². The number of rotatable bonds is 8. The molecule has 0 saturated carbocycles. The van der Waals surface area contributed by atoms with Gasteiger partial charge >= 0.3 is 11.9 Å². The van der Waals surface area contributed by atoms with Crippen molar-refractivity contribution in [1.29, 1.82) is 0 Å². The summed E-state index contributed by atoms with van der Waals surface area (Å²) in [6.07, 6.45) is 4.21. The molecule has 1 aliphatic heterocycles. The van der Waals surface area contributed by atoms with Gasteiger partial charge in [-0.25, -0.2) is 4.79 Å². The Morgan fingerprint density at radius 2 is 1.84 bits per heavy atom. The molecule has 0 fully saturated rings. The van der Waals surface area contributed by atoms with Crippen LogP contribution >= 0.6 is 0 Å². The Bertz CT molecular complexity index is 995. The Labute approximate surface area is 189 Å². The van der Waals surface area contributed by atoms with Crippen LogP contribution < -0.4 is 16.0 Å². The molecule has 3 rings (SSSR count). The molecule has 0 saturated heterocycles. The molecule has 1 unspecified atom stereocenters. The predicted molar refractivity (Wildman–Crippen MR) is 128 cm³/mol. The zero-order valence-electron chi connectivity index (χ0n) is 19.0. The predicted octanol–water partition coefficient (Wildman–Crippen LogP) is 4.42. The number of methoxy groups -OCH3 is 1. The number of fused-ring (bicyclic) bond motifs is 1. The highest BCUT2D eigenvalue weighted by Crippen LogP contribution is 2.30. The van der Waals surface area contributed by atoms with E-state index in [1.54, 1.807) is 6.08 Å². The molecule has 0 amide bonds. The molecule has 7 nitrogen and oxygen atoms in total.